The first-order chi connectivity index (χ1) is 11.3. The molecule has 5 nitrogen and oxygen atoms in total. The number of phenolic OH excluding ortho intramolecular Hbond substituents is 1. The molecule has 2 aromatic rings. The molecule has 0 spiro atoms. The zero-order valence-corrected chi connectivity index (χ0v) is 14.3. The van der Waals surface area contributed by atoms with E-state index in [1.165, 1.54) is 13.3 Å². The SMILES string of the molecule is COc1cccc(/C=N\NC(=O)c2ccc(C(C)(C)C)cc2)c1O. The predicted octanol–water partition coefficient (Wildman–Crippen LogP) is 3.46. The number of benzene rings is 2. The normalized spacial score (nSPS) is 11.5. The van der Waals surface area contributed by atoms with Crippen LogP contribution in [0.15, 0.2) is 47.6 Å². The fourth-order valence-corrected chi connectivity index (χ4v) is 2.15. The topological polar surface area (TPSA) is 70.9 Å². The number of para-hydroxylation sites is 1. The van der Waals surface area contributed by atoms with Crippen molar-refractivity contribution in [3.8, 4) is 11.5 Å². The van der Waals surface area contributed by atoms with Crippen LogP contribution in [0, 0.1) is 0 Å². The van der Waals surface area contributed by atoms with Gasteiger partial charge in [0.15, 0.2) is 11.5 Å². The van der Waals surface area contributed by atoms with Gasteiger partial charge >= 0.3 is 0 Å². The lowest BCUT2D eigenvalue weighted by Crippen LogP contribution is -2.18. The van der Waals surface area contributed by atoms with Crippen molar-refractivity contribution in [3.63, 3.8) is 0 Å². The molecule has 0 saturated carbocycles. The molecule has 5 heteroatoms. The van der Waals surface area contributed by atoms with Crippen LogP contribution >= 0.6 is 0 Å². The summed E-state index contributed by atoms with van der Waals surface area (Å²) in [5, 5.41) is 13.8. The first-order valence-corrected chi connectivity index (χ1v) is 7.63. The summed E-state index contributed by atoms with van der Waals surface area (Å²) >= 11 is 0. The highest BCUT2D eigenvalue weighted by Gasteiger charge is 2.14. The first-order valence-electron chi connectivity index (χ1n) is 7.63. The van der Waals surface area contributed by atoms with Gasteiger partial charge < -0.3 is 9.84 Å². The molecule has 126 valence electrons. The van der Waals surface area contributed by atoms with E-state index in [2.05, 4.69) is 31.3 Å². The summed E-state index contributed by atoms with van der Waals surface area (Å²) in [5.74, 6) is 0.0182. The third kappa shape index (κ3) is 4.13. The molecule has 2 aromatic carbocycles. The Hall–Kier alpha value is -2.82. The van der Waals surface area contributed by atoms with Crippen LogP contribution in [0.1, 0.15) is 42.3 Å². The minimum Gasteiger partial charge on any atom is -0.504 e. The van der Waals surface area contributed by atoms with E-state index in [1.807, 2.05) is 12.1 Å². The second-order valence-corrected chi connectivity index (χ2v) is 6.42. The van der Waals surface area contributed by atoms with Gasteiger partial charge in [0.25, 0.3) is 5.91 Å². The maximum absolute atomic E-state index is 12.1. The molecule has 0 unspecified atom stereocenters. The van der Waals surface area contributed by atoms with Crippen LogP contribution in [0.4, 0.5) is 0 Å². The third-order valence-electron chi connectivity index (χ3n) is 3.63. The number of carbonyl (C=O) groups is 1. The van der Waals surface area contributed by atoms with Crippen molar-refractivity contribution >= 4 is 12.1 Å². The summed E-state index contributed by atoms with van der Waals surface area (Å²) < 4.78 is 5.02. The van der Waals surface area contributed by atoms with E-state index in [0.29, 0.717) is 16.9 Å². The van der Waals surface area contributed by atoms with E-state index in [0.717, 1.165) is 5.56 Å². The van der Waals surface area contributed by atoms with E-state index >= 15 is 0 Å². The zero-order valence-electron chi connectivity index (χ0n) is 14.3. The highest BCUT2D eigenvalue weighted by Crippen LogP contribution is 2.28. The van der Waals surface area contributed by atoms with Gasteiger partial charge in [-0.15, -0.1) is 0 Å². The zero-order chi connectivity index (χ0) is 17.7. The van der Waals surface area contributed by atoms with E-state index in [-0.39, 0.29) is 17.1 Å². The molecule has 0 aromatic heterocycles. The Bertz CT molecular complexity index is 744. The molecule has 24 heavy (non-hydrogen) atoms. The van der Waals surface area contributed by atoms with Crippen molar-refractivity contribution in [2.75, 3.05) is 7.11 Å². The van der Waals surface area contributed by atoms with E-state index in [1.54, 1.807) is 30.3 Å². The molecule has 2 N–H and O–H groups in total. The largest absolute Gasteiger partial charge is 0.504 e. The Morgan fingerprint density at radius 3 is 2.42 bits per heavy atom. The lowest BCUT2D eigenvalue weighted by molar-refractivity contribution is 0.0955. The van der Waals surface area contributed by atoms with E-state index in [9.17, 15) is 9.90 Å². The number of hydrogen-bond acceptors (Lipinski definition) is 4. The highest BCUT2D eigenvalue weighted by atomic mass is 16.5. The molecular weight excluding hydrogens is 304 g/mol. The van der Waals surface area contributed by atoms with Gasteiger partial charge in [0, 0.05) is 11.1 Å². The number of aromatic hydroxyl groups is 1. The number of hydrazone groups is 1. The number of methoxy groups -OCH3 is 1. The Morgan fingerprint density at radius 2 is 1.83 bits per heavy atom. The number of phenols is 1. The number of nitrogens with zero attached hydrogens (tertiary/aromatic N) is 1. The van der Waals surface area contributed by atoms with Crippen LogP contribution in [0.5, 0.6) is 11.5 Å². The van der Waals surface area contributed by atoms with Crippen LogP contribution in [0.3, 0.4) is 0 Å². The van der Waals surface area contributed by atoms with Crippen LogP contribution in [-0.2, 0) is 5.41 Å². The quantitative estimate of drug-likeness (QED) is 0.667. The summed E-state index contributed by atoms with van der Waals surface area (Å²) in [5.41, 5.74) is 4.62. The lowest BCUT2D eigenvalue weighted by atomic mass is 9.87. The van der Waals surface area contributed by atoms with Crippen LogP contribution in [-0.4, -0.2) is 24.3 Å². The van der Waals surface area contributed by atoms with Gasteiger partial charge in [-0.05, 0) is 35.2 Å². The Kier molecular flexibility index (Phi) is 5.24. The number of nitrogens with one attached hydrogen (secondary N) is 1. The summed E-state index contributed by atoms with van der Waals surface area (Å²) in [6, 6.07) is 12.5. The van der Waals surface area contributed by atoms with Gasteiger partial charge in [-0.3, -0.25) is 4.79 Å². The molecular formula is C19H22N2O3. The van der Waals surface area contributed by atoms with Crippen LogP contribution in [0.2, 0.25) is 0 Å². The Labute approximate surface area is 142 Å². The third-order valence-corrected chi connectivity index (χ3v) is 3.63. The summed E-state index contributed by atoms with van der Waals surface area (Å²) in [6.07, 6.45) is 1.37. The average Bonchev–Trinajstić information content (AvgIpc) is 2.55. The van der Waals surface area contributed by atoms with Crippen molar-refractivity contribution in [1.82, 2.24) is 5.43 Å². The molecule has 0 fully saturated rings. The molecule has 0 saturated heterocycles. The minimum atomic E-state index is -0.311. The van der Waals surface area contributed by atoms with Gasteiger partial charge in [-0.1, -0.05) is 39.0 Å². The van der Waals surface area contributed by atoms with Crippen molar-refractivity contribution in [2.24, 2.45) is 5.10 Å². The second-order valence-electron chi connectivity index (χ2n) is 6.42. The van der Waals surface area contributed by atoms with E-state index < -0.39 is 0 Å². The van der Waals surface area contributed by atoms with Gasteiger partial charge in [-0.25, -0.2) is 5.43 Å². The van der Waals surface area contributed by atoms with Gasteiger partial charge in [0.1, 0.15) is 0 Å². The molecule has 1 amide bonds. The van der Waals surface area contributed by atoms with Crippen LogP contribution < -0.4 is 10.2 Å². The van der Waals surface area contributed by atoms with E-state index in [4.69, 9.17) is 4.74 Å². The van der Waals surface area contributed by atoms with Gasteiger partial charge in [0.2, 0.25) is 0 Å². The molecule has 0 aliphatic heterocycles. The summed E-state index contributed by atoms with van der Waals surface area (Å²) in [4.78, 5) is 12.1. The van der Waals surface area contributed by atoms with Gasteiger partial charge in [0.05, 0.1) is 13.3 Å². The average molecular weight is 326 g/mol. The maximum Gasteiger partial charge on any atom is 0.271 e. The van der Waals surface area contributed by atoms with Crippen molar-refractivity contribution in [2.45, 2.75) is 26.2 Å². The van der Waals surface area contributed by atoms with Crippen molar-refractivity contribution in [1.29, 1.82) is 0 Å². The fraction of sp³-hybridized carbons (Fsp3) is 0.263. The van der Waals surface area contributed by atoms with Crippen LogP contribution in [0.25, 0.3) is 0 Å². The monoisotopic (exact) mass is 326 g/mol. The number of rotatable bonds is 4. The second kappa shape index (κ2) is 7.17. The molecule has 2 rings (SSSR count). The first kappa shape index (κ1) is 17.5. The standard InChI is InChI=1S/C19H22N2O3/c1-19(2,3)15-10-8-13(9-11-15)18(23)21-20-12-14-6-5-7-16(24-4)17(14)22/h5-12,22H,1-4H3,(H,21,23)/b20-12-. The molecule has 0 bridgehead atoms. The van der Waals surface area contributed by atoms with Crippen molar-refractivity contribution < 1.29 is 14.6 Å². The highest BCUT2D eigenvalue weighted by molar-refractivity contribution is 5.95. The maximum atomic E-state index is 12.1. The number of carbonyl (C=O) groups excluding carboxylic acids is 1. The van der Waals surface area contributed by atoms with Gasteiger partial charge in [-0.2, -0.15) is 5.10 Å². The summed E-state index contributed by atoms with van der Waals surface area (Å²) in [6.45, 7) is 6.35. The molecule has 0 atom stereocenters. The lowest BCUT2D eigenvalue weighted by Gasteiger charge is -2.18. The Balaban J connectivity index is 2.05. The Morgan fingerprint density at radius 1 is 1.17 bits per heavy atom. The number of ether oxygens (including phenoxy) is 1. The summed E-state index contributed by atoms with van der Waals surface area (Å²) in [7, 11) is 1.47. The molecule has 0 radical (unpaired) electrons. The van der Waals surface area contributed by atoms with Crippen molar-refractivity contribution in [3.05, 3.63) is 59.2 Å². The number of hydrogen-bond donors (Lipinski definition) is 2. The number of amides is 1. The molecule has 0 aliphatic carbocycles. The molecule has 0 heterocycles. The minimum absolute atomic E-state index is 0.0208. The fourth-order valence-electron chi connectivity index (χ4n) is 2.15. The molecule has 0 aliphatic rings. The predicted molar refractivity (Wildman–Crippen MR) is 94.9 cm³/mol. The smallest absolute Gasteiger partial charge is 0.271 e.